The molecule has 9 nitrogen and oxygen atoms in total. The quantitative estimate of drug-likeness (QED) is 0.171. The van der Waals surface area contributed by atoms with Gasteiger partial charge in [-0.25, -0.2) is 29.9 Å². The van der Waals surface area contributed by atoms with Gasteiger partial charge >= 0.3 is 6.18 Å². The van der Waals surface area contributed by atoms with Crippen LogP contribution in [0.1, 0.15) is 34.4 Å². The number of nitriles is 1. The second-order valence-electron chi connectivity index (χ2n) is 14.7. The number of benzene rings is 6. The maximum atomic E-state index is 14.9. The molecular formula is C48H32F3N9. The summed E-state index contributed by atoms with van der Waals surface area (Å²) in [6.45, 7) is 7.23. The second-order valence-corrected chi connectivity index (χ2v) is 14.7. The summed E-state index contributed by atoms with van der Waals surface area (Å²) in [4.78, 5) is 27.2. The zero-order valence-electron chi connectivity index (χ0n) is 32.7. The smallest absolute Gasteiger partial charge is 0.308 e. The fourth-order valence-electron chi connectivity index (χ4n) is 8.44. The van der Waals surface area contributed by atoms with Crippen LogP contribution >= 0.6 is 0 Å². The Balaban J connectivity index is 1.36. The molecule has 290 valence electrons. The van der Waals surface area contributed by atoms with Crippen LogP contribution in [-0.4, -0.2) is 39.0 Å². The van der Waals surface area contributed by atoms with Crippen molar-refractivity contribution in [3.05, 3.63) is 156 Å². The molecule has 0 radical (unpaired) electrons. The van der Waals surface area contributed by atoms with Crippen LogP contribution < -0.4 is 0 Å². The van der Waals surface area contributed by atoms with Crippen molar-refractivity contribution in [2.24, 2.45) is 0 Å². The van der Waals surface area contributed by atoms with Gasteiger partial charge in [0, 0.05) is 32.7 Å². The van der Waals surface area contributed by atoms with Crippen LogP contribution in [0.2, 0.25) is 0 Å². The summed E-state index contributed by atoms with van der Waals surface area (Å²) in [7, 11) is 0. The van der Waals surface area contributed by atoms with Crippen molar-refractivity contribution >= 4 is 43.6 Å². The molecular weight excluding hydrogens is 760 g/mol. The van der Waals surface area contributed by atoms with Crippen LogP contribution in [0.15, 0.2) is 121 Å². The summed E-state index contributed by atoms with van der Waals surface area (Å²) in [5.41, 5.74) is 4.94. The Morgan fingerprint density at radius 3 is 1.33 bits per heavy atom. The summed E-state index contributed by atoms with van der Waals surface area (Å²) in [6.07, 6.45) is -4.66. The van der Waals surface area contributed by atoms with Crippen molar-refractivity contribution in [1.82, 2.24) is 39.0 Å². The Morgan fingerprint density at radius 2 is 0.883 bits per heavy atom. The lowest BCUT2D eigenvalue weighted by Gasteiger charge is -2.20. The summed E-state index contributed by atoms with van der Waals surface area (Å²) in [5, 5.41) is 15.0. The molecule has 4 aromatic heterocycles. The number of hydrogen-bond acceptors (Lipinski definition) is 7. The molecule has 0 saturated heterocycles. The van der Waals surface area contributed by atoms with E-state index in [-0.39, 0.29) is 16.7 Å². The number of aromatic nitrogens is 8. The monoisotopic (exact) mass is 791 g/mol. The highest BCUT2D eigenvalue weighted by Crippen LogP contribution is 2.44. The normalized spacial score (nSPS) is 11.9. The van der Waals surface area contributed by atoms with E-state index in [1.165, 1.54) is 12.1 Å². The van der Waals surface area contributed by atoms with Crippen molar-refractivity contribution in [2.75, 3.05) is 0 Å². The van der Waals surface area contributed by atoms with Crippen LogP contribution in [0, 0.1) is 39.0 Å². The molecule has 0 aliphatic heterocycles. The van der Waals surface area contributed by atoms with Gasteiger partial charge in [-0.3, -0.25) is 0 Å². The third-order valence-electron chi connectivity index (χ3n) is 10.8. The van der Waals surface area contributed by atoms with Crippen molar-refractivity contribution < 1.29 is 13.2 Å². The summed E-state index contributed by atoms with van der Waals surface area (Å²) in [5.74, 6) is 3.25. The number of fused-ring (bicyclic) bond motifs is 6. The van der Waals surface area contributed by atoms with Crippen LogP contribution in [0.5, 0.6) is 0 Å². The molecule has 0 saturated carbocycles. The number of nitrogens with zero attached hydrogens (tertiary/aromatic N) is 9. The molecule has 60 heavy (non-hydrogen) atoms. The first-order valence-corrected chi connectivity index (χ1v) is 19.2. The van der Waals surface area contributed by atoms with Crippen molar-refractivity contribution in [1.29, 1.82) is 5.26 Å². The second kappa shape index (κ2) is 13.7. The summed E-state index contributed by atoms with van der Waals surface area (Å²) in [6, 6.07) is 38.9. The zero-order valence-corrected chi connectivity index (χ0v) is 32.7. The molecule has 0 atom stereocenters. The van der Waals surface area contributed by atoms with Gasteiger partial charge in [-0.1, -0.05) is 78.9 Å². The molecule has 0 aliphatic carbocycles. The number of aryl methyl sites for hydroxylation is 4. The Labute approximate surface area is 341 Å². The fourth-order valence-corrected chi connectivity index (χ4v) is 8.44. The molecule has 0 N–H and O–H groups in total. The van der Waals surface area contributed by atoms with E-state index in [0.717, 1.165) is 60.8 Å². The van der Waals surface area contributed by atoms with Crippen LogP contribution in [0.3, 0.4) is 0 Å². The predicted molar refractivity (Wildman–Crippen MR) is 227 cm³/mol. The molecule has 0 fully saturated rings. The minimum atomic E-state index is -4.66. The lowest BCUT2D eigenvalue weighted by Crippen LogP contribution is -2.09. The maximum Gasteiger partial charge on any atom is 0.417 e. The van der Waals surface area contributed by atoms with Crippen LogP contribution in [0.4, 0.5) is 13.2 Å². The molecule has 12 heteroatoms. The van der Waals surface area contributed by atoms with Crippen molar-refractivity contribution in [3.8, 4) is 51.3 Å². The lowest BCUT2D eigenvalue weighted by molar-refractivity contribution is -0.137. The largest absolute Gasteiger partial charge is 0.417 e. The van der Waals surface area contributed by atoms with Gasteiger partial charge in [0.2, 0.25) is 0 Å². The Kier molecular flexibility index (Phi) is 8.33. The first kappa shape index (κ1) is 36.6. The van der Waals surface area contributed by atoms with E-state index >= 15 is 0 Å². The Morgan fingerprint density at radius 1 is 0.467 bits per heavy atom. The molecule has 0 unspecified atom stereocenters. The Bertz CT molecular complexity index is 3220. The minimum Gasteiger partial charge on any atom is -0.308 e. The molecule has 0 amide bonds. The predicted octanol–water partition coefficient (Wildman–Crippen LogP) is 11.4. The summed E-state index contributed by atoms with van der Waals surface area (Å²) >= 11 is 0. The molecule has 10 rings (SSSR count). The van der Waals surface area contributed by atoms with E-state index in [4.69, 9.17) is 0 Å². The first-order valence-electron chi connectivity index (χ1n) is 19.2. The van der Waals surface area contributed by atoms with E-state index < -0.39 is 11.7 Å². The highest BCUT2D eigenvalue weighted by atomic mass is 19.4. The first-order chi connectivity index (χ1) is 29.0. The standard InChI is InChI=1S/C48H32F3N9/c1-26-53-27(2)56-46(55-26)30-17-19-36-34-12-6-9-15-40(34)59(42(36)21-30)44-23-32(33-11-5-8-14-39(33)48(49,50)51)24-45(38(44)25-52)60-41-16-10-7-13-35(41)37-20-18-31(22-43(37)60)47-57-28(3)54-29(4)58-47/h5-24H,1-4H3. The highest BCUT2D eigenvalue weighted by molar-refractivity contribution is 6.12. The van der Waals surface area contributed by atoms with Gasteiger partial charge in [-0.05, 0) is 81.3 Å². The number of hydrogen-bond donors (Lipinski definition) is 0. The van der Waals surface area contributed by atoms with E-state index in [1.54, 1.807) is 18.2 Å². The zero-order chi connectivity index (χ0) is 41.4. The number of para-hydroxylation sites is 2. The third-order valence-corrected chi connectivity index (χ3v) is 10.8. The van der Waals surface area contributed by atoms with Gasteiger partial charge in [-0.15, -0.1) is 0 Å². The van der Waals surface area contributed by atoms with Gasteiger partial charge in [-0.2, -0.15) is 18.4 Å². The average molecular weight is 792 g/mol. The highest BCUT2D eigenvalue weighted by Gasteiger charge is 2.34. The molecule has 0 bridgehead atoms. The molecule has 0 spiro atoms. The van der Waals surface area contributed by atoms with Gasteiger partial charge in [0.1, 0.15) is 34.9 Å². The van der Waals surface area contributed by atoms with Crippen LogP contribution in [-0.2, 0) is 6.18 Å². The number of alkyl halides is 3. The van der Waals surface area contributed by atoms with E-state index in [9.17, 15) is 18.4 Å². The SMILES string of the molecule is Cc1nc(C)nc(-c2ccc3c4ccccc4n(-c4cc(-c5ccccc5C(F)(F)F)cc(-n5c6ccccc6c6ccc(-c7nc(C)nc(C)n7)cc65)c4C#N)c3c2)n1. The van der Waals surface area contributed by atoms with Gasteiger partial charge in [0.15, 0.2) is 11.6 Å². The van der Waals surface area contributed by atoms with E-state index in [0.29, 0.717) is 46.3 Å². The fraction of sp³-hybridized carbons (Fsp3) is 0.104. The minimum absolute atomic E-state index is 0.0211. The van der Waals surface area contributed by atoms with Crippen molar-refractivity contribution in [3.63, 3.8) is 0 Å². The lowest BCUT2D eigenvalue weighted by atomic mass is 9.96. The van der Waals surface area contributed by atoms with Gasteiger partial charge in [0.05, 0.1) is 39.0 Å². The molecule has 0 aliphatic rings. The Hall–Kier alpha value is -7.78. The number of rotatable bonds is 5. The molecule has 6 aromatic carbocycles. The van der Waals surface area contributed by atoms with E-state index in [1.807, 2.05) is 122 Å². The van der Waals surface area contributed by atoms with E-state index in [2.05, 4.69) is 36.0 Å². The van der Waals surface area contributed by atoms with Gasteiger partial charge < -0.3 is 9.13 Å². The summed E-state index contributed by atoms with van der Waals surface area (Å²) < 4.78 is 48.6. The number of halogens is 3. The van der Waals surface area contributed by atoms with Gasteiger partial charge in [0.25, 0.3) is 0 Å². The van der Waals surface area contributed by atoms with Crippen molar-refractivity contribution in [2.45, 2.75) is 33.9 Å². The molecule has 10 aromatic rings. The third kappa shape index (κ3) is 5.93. The molecule has 4 heterocycles. The topological polar surface area (TPSA) is 111 Å². The van der Waals surface area contributed by atoms with Crippen LogP contribution in [0.25, 0.3) is 88.9 Å². The maximum absolute atomic E-state index is 14.9. The average Bonchev–Trinajstić information content (AvgIpc) is 3.74.